The molecule has 21 heavy (non-hydrogen) atoms. The summed E-state index contributed by atoms with van der Waals surface area (Å²) in [5, 5.41) is 3.05. The number of nitrogens with zero attached hydrogens (tertiary/aromatic N) is 4. The number of hydrogen-bond donors (Lipinski definition) is 1. The number of alkyl halides is 2. The van der Waals surface area contributed by atoms with E-state index in [0.29, 0.717) is 18.4 Å². The lowest BCUT2D eigenvalue weighted by Crippen LogP contribution is -2.31. The minimum Gasteiger partial charge on any atom is -0.457 e. The van der Waals surface area contributed by atoms with Gasteiger partial charge in [0, 0.05) is 19.6 Å². The number of piperidine rings is 1. The molecule has 1 aliphatic heterocycles. The van der Waals surface area contributed by atoms with Crippen molar-refractivity contribution in [3.05, 3.63) is 0 Å². The van der Waals surface area contributed by atoms with Gasteiger partial charge < -0.3 is 15.0 Å². The third-order valence-electron chi connectivity index (χ3n) is 3.11. The molecular weight excluding hydrogens is 280 g/mol. The Kier molecular flexibility index (Phi) is 5.89. The fourth-order valence-corrected chi connectivity index (χ4v) is 2.10. The quantitative estimate of drug-likeness (QED) is 0.834. The van der Waals surface area contributed by atoms with E-state index in [9.17, 15) is 8.78 Å². The number of hydrogen-bond acceptors (Lipinski definition) is 6. The lowest BCUT2D eigenvalue weighted by Gasteiger charge is -2.26. The number of halogens is 2. The van der Waals surface area contributed by atoms with Crippen LogP contribution >= 0.6 is 0 Å². The lowest BCUT2D eigenvalue weighted by atomic mass is 10.1. The molecule has 0 saturated carbocycles. The minimum atomic E-state index is -2.55. The Labute approximate surface area is 122 Å². The van der Waals surface area contributed by atoms with Crippen molar-refractivity contribution < 1.29 is 13.5 Å². The molecule has 0 unspecified atom stereocenters. The minimum absolute atomic E-state index is 0.0514. The van der Waals surface area contributed by atoms with Gasteiger partial charge >= 0.3 is 6.01 Å². The molecule has 1 aromatic rings. The van der Waals surface area contributed by atoms with Crippen LogP contribution < -0.4 is 15.0 Å². The maximum Gasteiger partial charge on any atom is 0.323 e. The van der Waals surface area contributed by atoms with Crippen LogP contribution in [0, 0.1) is 0 Å². The molecule has 0 spiro atoms. The molecule has 118 valence electrons. The summed E-state index contributed by atoms with van der Waals surface area (Å²) in [5.74, 6) is 0.865. The van der Waals surface area contributed by atoms with Gasteiger partial charge in [0.25, 0.3) is 6.43 Å². The van der Waals surface area contributed by atoms with Crippen LogP contribution in [-0.4, -0.2) is 47.6 Å². The molecule has 2 heterocycles. The second kappa shape index (κ2) is 7.90. The van der Waals surface area contributed by atoms with E-state index in [4.69, 9.17) is 4.74 Å². The zero-order chi connectivity index (χ0) is 15.1. The summed E-state index contributed by atoms with van der Waals surface area (Å²) < 4.78 is 29.5. The fraction of sp³-hybridized carbons (Fsp3) is 0.769. The third-order valence-corrected chi connectivity index (χ3v) is 3.11. The van der Waals surface area contributed by atoms with Crippen LogP contribution in [0.1, 0.15) is 32.6 Å². The van der Waals surface area contributed by atoms with Gasteiger partial charge in [0.15, 0.2) is 6.61 Å². The normalized spacial score (nSPS) is 15.3. The van der Waals surface area contributed by atoms with Gasteiger partial charge in [-0.3, -0.25) is 0 Å². The van der Waals surface area contributed by atoms with Crippen molar-refractivity contribution >= 4 is 11.9 Å². The summed E-state index contributed by atoms with van der Waals surface area (Å²) in [5.41, 5.74) is 0. The molecule has 0 bridgehead atoms. The Balaban J connectivity index is 2.14. The molecule has 8 heteroatoms. The number of ether oxygens (including phenoxy) is 1. The van der Waals surface area contributed by atoms with Crippen molar-refractivity contribution in [3.8, 4) is 6.01 Å². The zero-order valence-electron chi connectivity index (χ0n) is 12.2. The molecule has 2 rings (SSSR count). The van der Waals surface area contributed by atoms with Crippen LogP contribution in [0.2, 0.25) is 0 Å². The largest absolute Gasteiger partial charge is 0.457 e. The van der Waals surface area contributed by atoms with Crippen molar-refractivity contribution in [1.29, 1.82) is 0 Å². The first-order valence-corrected chi connectivity index (χ1v) is 7.35. The Morgan fingerprint density at radius 3 is 2.62 bits per heavy atom. The second-order valence-electron chi connectivity index (χ2n) is 4.92. The molecule has 0 amide bonds. The van der Waals surface area contributed by atoms with Crippen LogP contribution in [0.15, 0.2) is 0 Å². The highest BCUT2D eigenvalue weighted by Crippen LogP contribution is 2.19. The average molecular weight is 301 g/mol. The molecule has 1 saturated heterocycles. The SMILES string of the molecule is CCCNc1nc(OCC(F)F)nc(N2CCCCC2)n1. The van der Waals surface area contributed by atoms with Gasteiger partial charge in [-0.15, -0.1) is 0 Å². The Hall–Kier alpha value is -1.73. The first kappa shape index (κ1) is 15.7. The van der Waals surface area contributed by atoms with Crippen molar-refractivity contribution in [2.24, 2.45) is 0 Å². The van der Waals surface area contributed by atoms with Gasteiger partial charge in [0.2, 0.25) is 11.9 Å². The van der Waals surface area contributed by atoms with Gasteiger partial charge in [-0.25, -0.2) is 8.78 Å². The Morgan fingerprint density at radius 1 is 1.19 bits per heavy atom. The van der Waals surface area contributed by atoms with Gasteiger partial charge in [-0.2, -0.15) is 15.0 Å². The van der Waals surface area contributed by atoms with E-state index >= 15 is 0 Å². The van der Waals surface area contributed by atoms with E-state index < -0.39 is 13.0 Å². The van der Waals surface area contributed by atoms with Crippen LogP contribution in [0.3, 0.4) is 0 Å². The monoisotopic (exact) mass is 301 g/mol. The first-order chi connectivity index (χ1) is 10.2. The van der Waals surface area contributed by atoms with E-state index in [1.807, 2.05) is 11.8 Å². The summed E-state index contributed by atoms with van der Waals surface area (Å²) in [4.78, 5) is 14.6. The molecule has 1 aromatic heterocycles. The smallest absolute Gasteiger partial charge is 0.323 e. The number of rotatable bonds is 7. The molecule has 6 nitrogen and oxygen atoms in total. The van der Waals surface area contributed by atoms with E-state index in [1.54, 1.807) is 0 Å². The molecule has 0 aliphatic carbocycles. The number of anilines is 2. The molecule has 0 atom stereocenters. The standard InChI is InChI=1S/C13H21F2N5O/c1-2-6-16-11-17-12(20-7-4-3-5-8-20)19-13(18-11)21-9-10(14)15/h10H,2-9H2,1H3,(H,16,17,18,19). The highest BCUT2D eigenvalue weighted by molar-refractivity contribution is 5.38. The van der Waals surface area contributed by atoms with Crippen molar-refractivity contribution in [2.45, 2.75) is 39.0 Å². The summed E-state index contributed by atoms with van der Waals surface area (Å²) in [6.45, 7) is 3.75. The maximum absolute atomic E-state index is 12.3. The topological polar surface area (TPSA) is 63.2 Å². The Morgan fingerprint density at radius 2 is 1.95 bits per heavy atom. The first-order valence-electron chi connectivity index (χ1n) is 7.35. The predicted molar refractivity (Wildman–Crippen MR) is 76.2 cm³/mol. The summed E-state index contributed by atoms with van der Waals surface area (Å²) in [6.07, 6.45) is 1.72. The molecular formula is C13H21F2N5O. The Bertz CT molecular complexity index is 441. The molecule has 0 aromatic carbocycles. The maximum atomic E-state index is 12.3. The highest BCUT2D eigenvalue weighted by atomic mass is 19.3. The van der Waals surface area contributed by atoms with Crippen LogP contribution in [-0.2, 0) is 0 Å². The van der Waals surface area contributed by atoms with E-state index in [1.165, 1.54) is 6.42 Å². The summed E-state index contributed by atoms with van der Waals surface area (Å²) >= 11 is 0. The zero-order valence-corrected chi connectivity index (χ0v) is 12.2. The highest BCUT2D eigenvalue weighted by Gasteiger charge is 2.17. The summed E-state index contributed by atoms with van der Waals surface area (Å²) in [6, 6.07) is -0.0514. The van der Waals surface area contributed by atoms with Crippen LogP contribution in [0.4, 0.5) is 20.7 Å². The summed E-state index contributed by atoms with van der Waals surface area (Å²) in [7, 11) is 0. The van der Waals surface area contributed by atoms with Crippen molar-refractivity contribution in [3.63, 3.8) is 0 Å². The predicted octanol–water partition coefficient (Wildman–Crippen LogP) is 2.33. The molecule has 0 radical (unpaired) electrons. The van der Waals surface area contributed by atoms with Gasteiger partial charge in [0.1, 0.15) is 0 Å². The van der Waals surface area contributed by atoms with Crippen molar-refractivity contribution in [2.75, 3.05) is 36.5 Å². The van der Waals surface area contributed by atoms with E-state index in [2.05, 4.69) is 20.3 Å². The van der Waals surface area contributed by atoms with Gasteiger partial charge in [-0.05, 0) is 25.7 Å². The van der Waals surface area contributed by atoms with Crippen LogP contribution in [0.25, 0.3) is 0 Å². The number of aromatic nitrogens is 3. The van der Waals surface area contributed by atoms with Crippen molar-refractivity contribution in [1.82, 2.24) is 15.0 Å². The second-order valence-corrected chi connectivity index (χ2v) is 4.92. The van der Waals surface area contributed by atoms with Gasteiger partial charge in [-0.1, -0.05) is 6.92 Å². The molecule has 1 aliphatic rings. The average Bonchev–Trinajstić information content (AvgIpc) is 2.51. The lowest BCUT2D eigenvalue weighted by molar-refractivity contribution is 0.0770. The van der Waals surface area contributed by atoms with Gasteiger partial charge in [0.05, 0.1) is 0 Å². The van der Waals surface area contributed by atoms with E-state index in [0.717, 1.165) is 32.4 Å². The molecule has 1 fully saturated rings. The number of nitrogens with one attached hydrogen (secondary N) is 1. The molecule has 1 N–H and O–H groups in total. The fourth-order valence-electron chi connectivity index (χ4n) is 2.10. The van der Waals surface area contributed by atoms with Crippen LogP contribution in [0.5, 0.6) is 6.01 Å². The third kappa shape index (κ3) is 4.95. The van der Waals surface area contributed by atoms with E-state index in [-0.39, 0.29) is 6.01 Å².